The van der Waals surface area contributed by atoms with Gasteiger partial charge in [-0.2, -0.15) is 0 Å². The van der Waals surface area contributed by atoms with Crippen LogP contribution in [0.1, 0.15) is 25.8 Å². The van der Waals surface area contributed by atoms with Crippen molar-refractivity contribution >= 4 is 5.91 Å². The maximum absolute atomic E-state index is 12.6. The second kappa shape index (κ2) is 8.15. The van der Waals surface area contributed by atoms with Gasteiger partial charge in [0.05, 0.1) is 6.54 Å². The van der Waals surface area contributed by atoms with E-state index in [2.05, 4.69) is 36.2 Å². The molecule has 21 heavy (non-hydrogen) atoms. The van der Waals surface area contributed by atoms with Gasteiger partial charge in [-0.1, -0.05) is 37.3 Å². The normalized spacial score (nSPS) is 15.0. The molecule has 1 aliphatic rings. The fourth-order valence-corrected chi connectivity index (χ4v) is 2.66. The molecule has 0 aromatic heterocycles. The number of hydrogen-bond donors (Lipinski definition) is 1. The quantitative estimate of drug-likeness (QED) is 0.791. The van der Waals surface area contributed by atoms with E-state index in [0.29, 0.717) is 19.1 Å². The first kappa shape index (κ1) is 16.0. The van der Waals surface area contributed by atoms with E-state index < -0.39 is 0 Å². The van der Waals surface area contributed by atoms with Crippen molar-refractivity contribution in [2.45, 2.75) is 32.9 Å². The number of carbonyl (C=O) groups is 1. The highest BCUT2D eigenvalue weighted by Gasteiger charge is 2.26. The van der Waals surface area contributed by atoms with E-state index in [1.807, 2.05) is 23.1 Å². The number of likely N-dealkylation sites (N-methyl/N-ethyl adjacent to an activating group) is 1. The Balaban J connectivity index is 1.92. The second-order valence-electron chi connectivity index (χ2n) is 5.68. The smallest absolute Gasteiger partial charge is 0.237 e. The summed E-state index contributed by atoms with van der Waals surface area (Å²) in [4.78, 5) is 16.8. The first-order valence-electron chi connectivity index (χ1n) is 8.01. The zero-order valence-corrected chi connectivity index (χ0v) is 13.2. The SMILES string of the molecule is CCCN(CC(=O)N(CC)Cc1ccccc1)C1CNC1. The molecule has 0 atom stereocenters. The molecule has 0 spiro atoms. The number of nitrogens with zero attached hydrogens (tertiary/aromatic N) is 2. The Morgan fingerprint density at radius 3 is 2.48 bits per heavy atom. The number of hydrogen-bond acceptors (Lipinski definition) is 3. The molecule has 1 N–H and O–H groups in total. The van der Waals surface area contributed by atoms with Gasteiger partial charge in [0.15, 0.2) is 0 Å². The van der Waals surface area contributed by atoms with E-state index in [1.54, 1.807) is 0 Å². The maximum Gasteiger partial charge on any atom is 0.237 e. The van der Waals surface area contributed by atoms with E-state index in [-0.39, 0.29) is 5.91 Å². The van der Waals surface area contributed by atoms with Crippen molar-refractivity contribution in [2.24, 2.45) is 0 Å². The average Bonchev–Trinajstić information content (AvgIpc) is 2.44. The monoisotopic (exact) mass is 289 g/mol. The number of rotatable bonds is 8. The third-order valence-electron chi connectivity index (χ3n) is 4.08. The van der Waals surface area contributed by atoms with Crippen LogP contribution in [0.5, 0.6) is 0 Å². The van der Waals surface area contributed by atoms with Gasteiger partial charge in [-0.15, -0.1) is 0 Å². The number of amides is 1. The topological polar surface area (TPSA) is 35.6 Å². The van der Waals surface area contributed by atoms with Crippen LogP contribution in [-0.4, -0.2) is 54.5 Å². The summed E-state index contributed by atoms with van der Waals surface area (Å²) in [6.07, 6.45) is 1.09. The summed E-state index contributed by atoms with van der Waals surface area (Å²) in [6.45, 7) is 9.26. The summed E-state index contributed by atoms with van der Waals surface area (Å²) >= 11 is 0. The Morgan fingerprint density at radius 2 is 1.95 bits per heavy atom. The molecular weight excluding hydrogens is 262 g/mol. The van der Waals surface area contributed by atoms with E-state index in [9.17, 15) is 4.79 Å². The minimum atomic E-state index is 0.238. The minimum absolute atomic E-state index is 0.238. The van der Waals surface area contributed by atoms with Crippen molar-refractivity contribution in [3.63, 3.8) is 0 Å². The van der Waals surface area contributed by atoms with Crippen LogP contribution < -0.4 is 5.32 Å². The lowest BCUT2D eigenvalue weighted by atomic mass is 10.1. The van der Waals surface area contributed by atoms with Crippen LogP contribution >= 0.6 is 0 Å². The predicted molar refractivity (Wildman–Crippen MR) is 86.1 cm³/mol. The Morgan fingerprint density at radius 1 is 1.24 bits per heavy atom. The van der Waals surface area contributed by atoms with Crippen molar-refractivity contribution in [1.82, 2.24) is 15.1 Å². The molecule has 1 aromatic rings. The van der Waals surface area contributed by atoms with Crippen molar-refractivity contribution in [1.29, 1.82) is 0 Å². The molecule has 4 nitrogen and oxygen atoms in total. The molecule has 1 aliphatic heterocycles. The van der Waals surface area contributed by atoms with E-state index in [4.69, 9.17) is 0 Å². The van der Waals surface area contributed by atoms with Crippen LogP contribution in [0.25, 0.3) is 0 Å². The molecule has 0 bridgehead atoms. The van der Waals surface area contributed by atoms with Gasteiger partial charge in [-0.25, -0.2) is 0 Å². The Hall–Kier alpha value is -1.39. The van der Waals surface area contributed by atoms with Gasteiger partial charge in [0.1, 0.15) is 0 Å². The largest absolute Gasteiger partial charge is 0.338 e. The molecular formula is C17H27N3O. The fourth-order valence-electron chi connectivity index (χ4n) is 2.66. The first-order chi connectivity index (χ1) is 10.2. The molecule has 1 heterocycles. The van der Waals surface area contributed by atoms with Crippen LogP contribution in [0, 0.1) is 0 Å². The van der Waals surface area contributed by atoms with Gasteiger partial charge < -0.3 is 10.2 Å². The van der Waals surface area contributed by atoms with Crippen LogP contribution in [-0.2, 0) is 11.3 Å². The summed E-state index contributed by atoms with van der Waals surface area (Å²) < 4.78 is 0. The third kappa shape index (κ3) is 4.55. The molecule has 4 heteroatoms. The van der Waals surface area contributed by atoms with Crippen molar-refractivity contribution in [3.05, 3.63) is 35.9 Å². The molecule has 116 valence electrons. The first-order valence-corrected chi connectivity index (χ1v) is 8.01. The molecule has 2 rings (SSSR count). The van der Waals surface area contributed by atoms with Crippen LogP contribution in [0.4, 0.5) is 0 Å². The summed E-state index contributed by atoms with van der Waals surface area (Å²) in [5.41, 5.74) is 1.19. The molecule has 0 saturated carbocycles. The van der Waals surface area contributed by atoms with Gasteiger partial charge in [-0.05, 0) is 25.5 Å². The Kier molecular flexibility index (Phi) is 6.21. The average molecular weight is 289 g/mol. The molecule has 0 unspecified atom stereocenters. The van der Waals surface area contributed by atoms with Gasteiger partial charge in [-0.3, -0.25) is 9.69 Å². The Bertz CT molecular complexity index is 431. The van der Waals surface area contributed by atoms with Gasteiger partial charge >= 0.3 is 0 Å². The highest BCUT2D eigenvalue weighted by molar-refractivity contribution is 5.78. The van der Waals surface area contributed by atoms with Gasteiger partial charge in [0.25, 0.3) is 0 Å². The Labute approximate surface area is 128 Å². The van der Waals surface area contributed by atoms with E-state index >= 15 is 0 Å². The highest BCUT2D eigenvalue weighted by atomic mass is 16.2. The van der Waals surface area contributed by atoms with Gasteiger partial charge in [0.2, 0.25) is 5.91 Å². The number of benzene rings is 1. The summed E-state index contributed by atoms with van der Waals surface area (Å²) in [5, 5.41) is 3.29. The van der Waals surface area contributed by atoms with Gasteiger partial charge in [0, 0.05) is 32.2 Å². The second-order valence-corrected chi connectivity index (χ2v) is 5.68. The molecule has 0 radical (unpaired) electrons. The number of nitrogens with one attached hydrogen (secondary N) is 1. The van der Waals surface area contributed by atoms with E-state index in [0.717, 1.165) is 32.6 Å². The number of carbonyl (C=O) groups excluding carboxylic acids is 1. The molecule has 1 saturated heterocycles. The fraction of sp³-hybridized carbons (Fsp3) is 0.588. The lowest BCUT2D eigenvalue weighted by molar-refractivity contribution is -0.133. The molecule has 1 aromatic carbocycles. The molecule has 1 fully saturated rings. The predicted octanol–water partition coefficient (Wildman–Crippen LogP) is 1.72. The standard InChI is InChI=1S/C17H27N3O/c1-3-10-20(16-11-18-12-16)14-17(21)19(4-2)13-15-8-6-5-7-9-15/h5-9,16,18H,3-4,10-14H2,1-2H3. The summed E-state index contributed by atoms with van der Waals surface area (Å²) in [6, 6.07) is 10.7. The maximum atomic E-state index is 12.6. The van der Waals surface area contributed by atoms with Crippen molar-refractivity contribution < 1.29 is 4.79 Å². The van der Waals surface area contributed by atoms with Crippen LogP contribution in [0.3, 0.4) is 0 Å². The lowest BCUT2D eigenvalue weighted by Crippen LogP contribution is -2.59. The highest BCUT2D eigenvalue weighted by Crippen LogP contribution is 2.09. The third-order valence-corrected chi connectivity index (χ3v) is 4.08. The summed E-state index contributed by atoms with van der Waals surface area (Å²) in [7, 11) is 0. The molecule has 0 aliphatic carbocycles. The minimum Gasteiger partial charge on any atom is -0.338 e. The van der Waals surface area contributed by atoms with Crippen LogP contribution in [0.2, 0.25) is 0 Å². The molecule has 1 amide bonds. The lowest BCUT2D eigenvalue weighted by Gasteiger charge is -2.38. The zero-order chi connectivity index (χ0) is 15.1. The zero-order valence-electron chi connectivity index (χ0n) is 13.2. The van der Waals surface area contributed by atoms with Crippen molar-refractivity contribution in [2.75, 3.05) is 32.7 Å². The van der Waals surface area contributed by atoms with Crippen LogP contribution in [0.15, 0.2) is 30.3 Å². The summed E-state index contributed by atoms with van der Waals surface area (Å²) in [5.74, 6) is 0.238. The van der Waals surface area contributed by atoms with Crippen molar-refractivity contribution in [3.8, 4) is 0 Å². The van der Waals surface area contributed by atoms with E-state index in [1.165, 1.54) is 5.56 Å².